The number of carboxylic acid groups (broad SMARTS) is 1. The third-order valence-electron chi connectivity index (χ3n) is 18.2. The van der Waals surface area contributed by atoms with E-state index in [0.29, 0.717) is 67.2 Å². The van der Waals surface area contributed by atoms with Crippen LogP contribution in [0.5, 0.6) is 0 Å². The van der Waals surface area contributed by atoms with Crippen LogP contribution in [0.15, 0.2) is 94.2 Å². The number of piperazine rings is 2. The zero-order chi connectivity index (χ0) is 75.5. The second-order valence-electron chi connectivity index (χ2n) is 24.0. The number of aromatic nitrogens is 4. The van der Waals surface area contributed by atoms with Gasteiger partial charge in [-0.15, -0.1) is 0 Å². The number of rotatable bonds is 26. The summed E-state index contributed by atoms with van der Waals surface area (Å²) in [4.78, 5) is 34.0. The maximum atomic E-state index is 12.2. The molecular formula is C59H58Cl4I28N8O6. The first-order valence-electron chi connectivity index (χ1n) is 30.5. The van der Waals surface area contributed by atoms with E-state index in [1.165, 1.54) is 12.8 Å². The van der Waals surface area contributed by atoms with Gasteiger partial charge in [-0.05, 0) is 112 Å². The minimum atomic E-state index is -0.892. The number of carbonyl (C=O) groups excluding carboxylic acids is 1. The fourth-order valence-electron chi connectivity index (χ4n) is 13.4. The van der Waals surface area contributed by atoms with Crippen molar-refractivity contribution in [3.63, 3.8) is 0 Å². The number of aryl methyl sites for hydroxylation is 2. The molecule has 8 heterocycles. The quantitative estimate of drug-likeness (QED) is 0.0408. The molecule has 594 valence electrons. The molecule has 2 saturated carbocycles. The molecular weight excluding hydrogens is 4610 g/mol. The van der Waals surface area contributed by atoms with Crippen LogP contribution in [0.1, 0.15) is 93.7 Å². The van der Waals surface area contributed by atoms with Crippen molar-refractivity contribution in [2.24, 2.45) is 14.1 Å². The van der Waals surface area contributed by atoms with Crippen LogP contribution in [0, 0.1) is 0 Å². The predicted molar refractivity (Wildman–Crippen MR) is 694 cm³/mol. The summed E-state index contributed by atoms with van der Waals surface area (Å²) in [6.07, 6.45) is 12.1. The molecule has 4 atom stereocenters. The fraction of sp³-hybridized carbons (Fsp3) is 0.390. The van der Waals surface area contributed by atoms with Gasteiger partial charge in [0.15, 0.2) is 0 Å². The van der Waals surface area contributed by atoms with Crippen molar-refractivity contribution >= 4 is 473 Å². The molecule has 1 N–H and O–H groups in total. The maximum absolute atomic E-state index is 12.2. The van der Waals surface area contributed by atoms with Crippen LogP contribution in [0.4, 0.5) is 11.4 Å². The normalized spacial score (nSPS) is 20.3. The van der Waals surface area contributed by atoms with Gasteiger partial charge in [0, 0.05) is 146 Å². The van der Waals surface area contributed by atoms with Crippen LogP contribution in [-0.4, -0.2) is 117 Å². The van der Waals surface area contributed by atoms with Crippen molar-refractivity contribution in [2.75, 3.05) is 56.2 Å². The molecule has 2 aliphatic carbocycles. The summed E-state index contributed by atoms with van der Waals surface area (Å²) >= 11 is 73.1. The summed E-state index contributed by atoms with van der Waals surface area (Å²) in [6, 6.07) is 25.5. The van der Waals surface area contributed by atoms with Gasteiger partial charge in [-0.25, -0.2) is 9.59 Å². The number of hydrogen-bond acceptors (Lipinski definition) is 11. The number of carboxylic acids is 1. The van der Waals surface area contributed by atoms with Gasteiger partial charge < -0.3 is 37.8 Å². The van der Waals surface area contributed by atoms with Gasteiger partial charge in [-0.2, -0.15) is 0 Å². The number of hydrogen-bond donors (Lipinski definition) is 1. The average Bonchev–Trinajstić information content (AvgIpc) is 1.61. The number of nitrogens with zero attached hydrogens (tertiary/aromatic N) is 8. The van der Waals surface area contributed by atoms with Gasteiger partial charge in [0.25, 0.3) is 0 Å². The van der Waals surface area contributed by atoms with Crippen molar-refractivity contribution in [2.45, 2.75) is 87.4 Å². The number of halogens is 32. The van der Waals surface area contributed by atoms with Crippen LogP contribution in [0.25, 0.3) is 44.3 Å². The number of benzene rings is 4. The Labute approximate surface area is 824 Å². The van der Waals surface area contributed by atoms with E-state index in [1.807, 2.05) is 78.0 Å². The Hall–Kier alpha value is 14.4. The third kappa shape index (κ3) is 24.4. The molecule has 0 spiro atoms. The molecule has 4 saturated heterocycles. The molecule has 46 heteroatoms. The van der Waals surface area contributed by atoms with Gasteiger partial charge in [-0.3, -0.25) is 9.80 Å². The number of carbonyl (C=O) groups is 2. The molecule has 6 aliphatic rings. The molecule has 4 aromatic heterocycles. The van der Waals surface area contributed by atoms with Gasteiger partial charge >= 0.3 is 394 Å². The first kappa shape index (κ1) is 98.5. The summed E-state index contributed by atoms with van der Waals surface area (Å²) in [5.74, 6) is 1.72. The van der Waals surface area contributed by atoms with E-state index >= 15 is 0 Å². The molecule has 14 nitrogen and oxygen atoms in total. The number of fused-ring (bicyclic) bond motifs is 6. The van der Waals surface area contributed by atoms with Crippen LogP contribution >= 0.6 is 428 Å². The number of ether oxygens (including phenoxy) is 1. The summed E-state index contributed by atoms with van der Waals surface area (Å²) in [7, 11) is -0.607. The van der Waals surface area contributed by atoms with E-state index in [2.05, 4.69) is 333 Å². The Morgan fingerprint density at radius 3 is 1.15 bits per heavy atom. The van der Waals surface area contributed by atoms with Crippen LogP contribution < -0.4 is 9.80 Å². The summed E-state index contributed by atoms with van der Waals surface area (Å²) in [5.41, 5.74) is 10.7. The van der Waals surface area contributed by atoms with Crippen LogP contribution in [0.2, 0.25) is 20.1 Å². The molecule has 4 bridgehead atoms. The second kappa shape index (κ2) is 46.0. The van der Waals surface area contributed by atoms with E-state index < -0.39 is 109 Å². The SMILES string of the molecule is COC(=O)c1cn(C)c2cc(N3C[C@H]4C[C@@H]3CN4CCc3c(-c4c(Cl)cccc4Cl)noc3C3CC3)ccc12.Cn1cc(C(=O)O)c2ccc(N3C[C@H]4C[C@@H]3CN4CCc3c(-c4c(Cl)cccc4Cl)noc3C3CC3)cc21.II(I)I(I)I(I)I(I)I(I)I(I)I(I)I(I)I(I)I(I)I(I)I(I)I(I)I. The molecule has 0 unspecified atom stereocenters. The third-order valence-corrected chi connectivity index (χ3v) is 2000. The molecule has 4 aliphatic heterocycles. The zero-order valence-corrected chi connectivity index (χ0v) is 117. The topological polar surface area (TPSA) is 138 Å². The first-order valence-corrected chi connectivity index (χ1v) is 202. The van der Waals surface area contributed by atoms with E-state index in [4.69, 9.17) is 60.2 Å². The monoisotopic (exact) mass is 4670 g/mol. The van der Waals surface area contributed by atoms with Crippen LogP contribution in [-0.2, 0) is 31.7 Å². The number of methoxy groups -OCH3 is 1. The number of aromatic carboxylic acids is 1. The fourth-order valence-corrected chi connectivity index (χ4v) is 4620. The van der Waals surface area contributed by atoms with Gasteiger partial charge in [-0.1, -0.05) is 68.8 Å². The van der Waals surface area contributed by atoms with Crippen molar-refractivity contribution in [3.8, 4) is 22.5 Å². The average molecular weight is 4670 g/mol. The zero-order valence-electron chi connectivity index (χ0n) is 53.6. The van der Waals surface area contributed by atoms with Crippen LogP contribution in [0.3, 0.4) is 0 Å². The van der Waals surface area contributed by atoms with E-state index in [0.717, 1.165) is 163 Å². The molecule has 0 amide bonds. The Morgan fingerprint density at radius 1 is 0.495 bits per heavy atom. The standard InChI is InChI=1S/C30H30Cl2N4O3.C29H28Cl2N4O3.I28/c1-34-16-23(30(37)38-2)21-9-8-18(13-26(21)34)36-15-19-12-20(36)14-35(19)11-10-22-28(33-39-29(22)17-6-7-17)27-24(31)4-3-5-25(27)32;1-33-15-22(29(36)37)20-8-7-17(12-25(20)33)35-14-18-11-19(35)13-34(18)10-9-21-27(32-38-28(21)16-5-6-16)26-23(30)3-2-4-24(26)31;1-16(2)18(5)20(7)22(9)24(11)26(13)28(15)27(14)25(12)23(10)21(8)19(6)17(3)4/h3-5,8-9,13,16-17,19-20H,6-7,10-12,14-15H2,1-2H3;2-4,7-8,12,15-16,18-19H,5-6,9-11,13-14H2,1H3,(H,36,37);/t19-,20-;18-,19-;/m11./s1. The van der Waals surface area contributed by atoms with E-state index in [-0.39, 0.29) is 5.97 Å². The molecule has 105 heavy (non-hydrogen) atoms. The molecule has 0 radical (unpaired) electrons. The number of likely N-dealkylation sites (tertiary alicyclic amines) is 2. The molecule has 6 fully saturated rings. The predicted octanol–water partition coefficient (Wildman–Crippen LogP) is 37.3. The Morgan fingerprint density at radius 2 is 0.838 bits per heavy atom. The second-order valence-corrected chi connectivity index (χ2v) is 659. The van der Waals surface area contributed by atoms with E-state index in [9.17, 15) is 14.7 Å². The molecule has 8 aromatic rings. The Balaban J connectivity index is 0.000000151. The summed E-state index contributed by atoms with van der Waals surface area (Å²) in [5, 5.41) is 22.5. The Kier molecular flexibility index (Phi) is 43.1. The minimum absolute atomic E-state index is 0.304. The van der Waals surface area contributed by atoms with E-state index in [1.54, 1.807) is 6.20 Å². The molecule has 4 aromatic carbocycles. The summed E-state index contributed by atoms with van der Waals surface area (Å²) < 4.78 is 20.6. The Bertz CT molecular complexity index is 4370. The number of anilines is 2. The summed E-state index contributed by atoms with van der Waals surface area (Å²) in [6.45, 7) is 5.87. The van der Waals surface area contributed by atoms with Gasteiger partial charge in [0.2, 0.25) is 0 Å². The van der Waals surface area contributed by atoms with Gasteiger partial charge in [0.1, 0.15) is 22.9 Å². The first-order chi connectivity index (χ1) is 50.0. The van der Waals surface area contributed by atoms with Gasteiger partial charge in [0.05, 0.1) is 49.4 Å². The van der Waals surface area contributed by atoms with Crippen molar-refractivity contribution in [1.29, 1.82) is 0 Å². The number of esters is 1. The van der Waals surface area contributed by atoms with Crippen molar-refractivity contribution in [3.05, 3.63) is 139 Å². The molecule has 14 rings (SSSR count). The van der Waals surface area contributed by atoms with Crippen molar-refractivity contribution in [1.82, 2.24) is 29.2 Å². The van der Waals surface area contributed by atoms with Crippen molar-refractivity contribution < 1.29 is 28.5 Å².